The highest BCUT2D eigenvalue weighted by atomic mass is 16.5. The van der Waals surface area contributed by atoms with Crippen molar-refractivity contribution >= 4 is 46.5 Å². The van der Waals surface area contributed by atoms with E-state index in [1.807, 2.05) is 17.0 Å². The monoisotopic (exact) mass is 781 g/mol. The summed E-state index contributed by atoms with van der Waals surface area (Å²) in [6.45, 7) is 3.00. The number of anilines is 1. The first-order chi connectivity index (χ1) is 27.5. The SMILES string of the molecule is CNC(=O)CCC(C=O)N1C(=O)c2cccc(OCCCC(=O)N3CCN(Cc4c(OC)cc(-c5cn(C)c(=O)c6cc(NC)ncc56)cc4OC)CC3)c2C1=O. The zero-order valence-corrected chi connectivity index (χ0v) is 32.8. The molecule has 2 aliphatic heterocycles. The minimum atomic E-state index is -1.09. The van der Waals surface area contributed by atoms with Crippen LogP contribution < -0.4 is 30.4 Å². The zero-order valence-electron chi connectivity index (χ0n) is 32.8. The second-order valence-corrected chi connectivity index (χ2v) is 13.9. The third-order valence-corrected chi connectivity index (χ3v) is 10.5. The number of aldehydes is 1. The topological polar surface area (TPSA) is 182 Å². The standard InChI is InChI=1S/C41H47N7O9/c1-42-35-20-28-29(21-44-35)30(22-45(3)39(28)52)25-18-33(55-4)31(34(19-25)56-5)23-46-13-15-47(16-14-46)37(51)10-7-17-57-32-9-6-8-27-38(32)41(54)48(40(27)53)26(24-49)11-12-36(50)43-2/h6,8-9,18-22,24,26H,7,10-17,23H2,1-5H3,(H,42,44)(H,43,50). The first kappa shape index (κ1) is 40.4. The van der Waals surface area contributed by atoms with Crippen LogP contribution in [0.1, 0.15) is 52.0 Å². The predicted molar refractivity (Wildman–Crippen MR) is 212 cm³/mol. The van der Waals surface area contributed by atoms with E-state index in [1.165, 1.54) is 13.1 Å². The van der Waals surface area contributed by atoms with Crippen molar-refractivity contribution in [2.24, 2.45) is 7.05 Å². The van der Waals surface area contributed by atoms with Gasteiger partial charge in [0, 0.05) is 90.1 Å². The van der Waals surface area contributed by atoms with Crippen molar-refractivity contribution in [3.8, 4) is 28.4 Å². The lowest BCUT2D eigenvalue weighted by Crippen LogP contribution is -2.48. The fourth-order valence-electron chi connectivity index (χ4n) is 7.32. The van der Waals surface area contributed by atoms with Gasteiger partial charge in [-0.2, -0.15) is 0 Å². The van der Waals surface area contributed by atoms with Crippen molar-refractivity contribution in [1.82, 2.24) is 29.6 Å². The van der Waals surface area contributed by atoms with Gasteiger partial charge in [0.1, 0.15) is 29.4 Å². The van der Waals surface area contributed by atoms with Gasteiger partial charge in [-0.3, -0.25) is 33.8 Å². The second-order valence-electron chi connectivity index (χ2n) is 13.9. The number of hydrogen-bond donors (Lipinski definition) is 2. The van der Waals surface area contributed by atoms with Crippen LogP contribution in [0.15, 0.2) is 53.6 Å². The maximum absolute atomic E-state index is 13.3. The van der Waals surface area contributed by atoms with E-state index < -0.39 is 17.9 Å². The molecule has 1 saturated heterocycles. The van der Waals surface area contributed by atoms with Crippen LogP contribution in [0.5, 0.6) is 17.2 Å². The summed E-state index contributed by atoms with van der Waals surface area (Å²) >= 11 is 0. The number of methoxy groups -OCH3 is 2. The number of hydrogen-bond acceptors (Lipinski definition) is 12. The van der Waals surface area contributed by atoms with E-state index in [0.29, 0.717) is 73.5 Å². The van der Waals surface area contributed by atoms with Crippen LogP contribution >= 0.6 is 0 Å². The number of rotatable bonds is 16. The van der Waals surface area contributed by atoms with E-state index in [9.17, 15) is 28.8 Å². The first-order valence-electron chi connectivity index (χ1n) is 18.8. The number of carbonyl (C=O) groups is 5. The predicted octanol–water partition coefficient (Wildman–Crippen LogP) is 2.85. The third-order valence-electron chi connectivity index (χ3n) is 10.5. The van der Waals surface area contributed by atoms with Crippen LogP contribution in [0.4, 0.5) is 5.82 Å². The average Bonchev–Trinajstić information content (AvgIpc) is 3.49. The molecule has 4 heterocycles. The molecule has 6 rings (SSSR count). The molecule has 0 radical (unpaired) electrons. The quantitative estimate of drug-likeness (QED) is 0.0966. The van der Waals surface area contributed by atoms with Gasteiger partial charge < -0.3 is 39.1 Å². The summed E-state index contributed by atoms with van der Waals surface area (Å²) in [4.78, 5) is 85.6. The first-order valence-corrected chi connectivity index (χ1v) is 18.8. The van der Waals surface area contributed by atoms with Crippen molar-refractivity contribution in [2.75, 3.05) is 66.4 Å². The summed E-state index contributed by atoms with van der Waals surface area (Å²) in [6, 6.07) is 9.22. The zero-order chi connectivity index (χ0) is 40.8. The van der Waals surface area contributed by atoms with Crippen LogP contribution in [0.25, 0.3) is 21.9 Å². The Morgan fingerprint density at radius 2 is 1.63 bits per heavy atom. The molecular formula is C41H47N7O9. The maximum atomic E-state index is 13.3. The van der Waals surface area contributed by atoms with Gasteiger partial charge in [0.2, 0.25) is 11.8 Å². The summed E-state index contributed by atoms with van der Waals surface area (Å²) in [5.41, 5.74) is 2.56. The van der Waals surface area contributed by atoms with Gasteiger partial charge in [0.15, 0.2) is 0 Å². The minimum Gasteiger partial charge on any atom is -0.496 e. The number of nitrogens with one attached hydrogen (secondary N) is 2. The second kappa shape index (κ2) is 17.7. The Balaban J connectivity index is 1.04. The number of imide groups is 1. The van der Waals surface area contributed by atoms with Gasteiger partial charge in [-0.15, -0.1) is 0 Å². The van der Waals surface area contributed by atoms with Crippen LogP contribution in [-0.4, -0.2) is 121 Å². The number of aromatic nitrogens is 2. The highest BCUT2D eigenvalue weighted by molar-refractivity contribution is 6.23. The van der Waals surface area contributed by atoms with E-state index in [-0.39, 0.29) is 60.1 Å². The molecule has 2 N–H and O–H groups in total. The van der Waals surface area contributed by atoms with Gasteiger partial charge in [0.05, 0.1) is 48.9 Å². The Morgan fingerprint density at radius 1 is 0.912 bits per heavy atom. The largest absolute Gasteiger partial charge is 0.496 e. The van der Waals surface area contributed by atoms with Gasteiger partial charge >= 0.3 is 0 Å². The summed E-state index contributed by atoms with van der Waals surface area (Å²) in [7, 11) is 8.16. The molecule has 4 amide bonds. The number of nitrogens with zero attached hydrogens (tertiary/aromatic N) is 5. The van der Waals surface area contributed by atoms with E-state index in [0.717, 1.165) is 21.6 Å². The molecule has 2 aromatic heterocycles. The fourth-order valence-corrected chi connectivity index (χ4v) is 7.32. The molecule has 0 spiro atoms. The van der Waals surface area contributed by atoms with E-state index in [1.54, 1.807) is 63.5 Å². The molecule has 57 heavy (non-hydrogen) atoms. The number of pyridine rings is 2. The van der Waals surface area contributed by atoms with E-state index in [4.69, 9.17) is 14.2 Å². The number of piperazine rings is 1. The molecule has 1 fully saturated rings. The molecular weight excluding hydrogens is 734 g/mol. The maximum Gasteiger partial charge on any atom is 0.265 e. The normalized spacial score (nSPS) is 14.7. The number of amides is 4. The minimum absolute atomic E-state index is 0.00467. The van der Waals surface area contributed by atoms with Crippen LogP contribution in [0, 0.1) is 0 Å². The fraction of sp³-hybridized carbons (Fsp3) is 0.390. The molecule has 0 bridgehead atoms. The van der Waals surface area contributed by atoms with Gasteiger partial charge in [-0.1, -0.05) is 6.07 Å². The van der Waals surface area contributed by atoms with Gasteiger partial charge in [0.25, 0.3) is 17.4 Å². The Labute approximate surface area is 329 Å². The van der Waals surface area contributed by atoms with Crippen LogP contribution in [-0.2, 0) is 28.0 Å². The smallest absolute Gasteiger partial charge is 0.265 e. The van der Waals surface area contributed by atoms with Crippen molar-refractivity contribution in [3.63, 3.8) is 0 Å². The summed E-state index contributed by atoms with van der Waals surface area (Å²) < 4.78 is 19.2. The van der Waals surface area contributed by atoms with E-state index >= 15 is 0 Å². The molecule has 1 atom stereocenters. The van der Waals surface area contributed by atoms with Crippen molar-refractivity contribution in [2.45, 2.75) is 38.3 Å². The molecule has 2 aromatic carbocycles. The molecule has 0 saturated carbocycles. The number of carbonyl (C=O) groups excluding carboxylic acids is 5. The average molecular weight is 782 g/mol. The lowest BCUT2D eigenvalue weighted by atomic mass is 9.99. The molecule has 16 nitrogen and oxygen atoms in total. The molecule has 0 aliphatic carbocycles. The molecule has 1 unspecified atom stereocenters. The third kappa shape index (κ3) is 8.31. The van der Waals surface area contributed by atoms with Crippen LogP contribution in [0.2, 0.25) is 0 Å². The van der Waals surface area contributed by atoms with Gasteiger partial charge in [-0.05, 0) is 48.7 Å². The summed E-state index contributed by atoms with van der Waals surface area (Å²) in [5.74, 6) is 0.478. The highest BCUT2D eigenvalue weighted by Crippen LogP contribution is 2.38. The number of ether oxygens (including phenoxy) is 3. The van der Waals surface area contributed by atoms with Crippen molar-refractivity contribution < 1.29 is 38.2 Å². The van der Waals surface area contributed by atoms with E-state index in [2.05, 4.69) is 20.5 Å². The molecule has 16 heteroatoms. The number of benzene rings is 2. The lowest BCUT2D eigenvalue weighted by molar-refractivity contribution is -0.133. The number of aryl methyl sites for hydroxylation is 1. The van der Waals surface area contributed by atoms with Crippen molar-refractivity contribution in [1.29, 1.82) is 0 Å². The molecule has 4 aromatic rings. The Bertz CT molecular complexity index is 2240. The molecule has 2 aliphatic rings. The summed E-state index contributed by atoms with van der Waals surface area (Å²) in [6.07, 6.45) is 4.58. The lowest BCUT2D eigenvalue weighted by Gasteiger charge is -2.35. The highest BCUT2D eigenvalue weighted by Gasteiger charge is 2.42. The Morgan fingerprint density at radius 3 is 2.28 bits per heavy atom. The van der Waals surface area contributed by atoms with Crippen molar-refractivity contribution in [3.05, 3.63) is 75.8 Å². The Hall–Kier alpha value is -6.29. The van der Waals surface area contributed by atoms with Crippen LogP contribution in [0.3, 0.4) is 0 Å². The molecule has 300 valence electrons. The van der Waals surface area contributed by atoms with Gasteiger partial charge in [-0.25, -0.2) is 4.98 Å². The summed E-state index contributed by atoms with van der Waals surface area (Å²) in [5, 5.41) is 6.70. The number of fused-ring (bicyclic) bond motifs is 2. The Kier molecular flexibility index (Phi) is 12.5.